The van der Waals surface area contributed by atoms with Crippen LogP contribution >= 0.6 is 0 Å². The first-order valence-electron chi connectivity index (χ1n) is 6.72. The average Bonchev–Trinajstić information content (AvgIpc) is 2.35. The standard InChI is InChI=1S/C15H24O3/c1-4-5-6-7-8-9-18-15-12(3)11(2)10-13(16)14(15)17/h10,16-17H,4-9H2,1-3H3. The third kappa shape index (κ3) is 3.83. The quantitative estimate of drug-likeness (QED) is 0.568. The van der Waals surface area contributed by atoms with E-state index in [9.17, 15) is 10.2 Å². The number of rotatable bonds is 7. The highest BCUT2D eigenvalue weighted by molar-refractivity contribution is 5.56. The van der Waals surface area contributed by atoms with Crippen LogP contribution in [-0.2, 0) is 0 Å². The molecule has 0 radical (unpaired) electrons. The zero-order valence-corrected chi connectivity index (χ0v) is 11.6. The van der Waals surface area contributed by atoms with E-state index >= 15 is 0 Å². The third-order valence-corrected chi connectivity index (χ3v) is 3.24. The second-order valence-corrected chi connectivity index (χ2v) is 4.78. The summed E-state index contributed by atoms with van der Waals surface area (Å²) in [7, 11) is 0. The summed E-state index contributed by atoms with van der Waals surface area (Å²) >= 11 is 0. The van der Waals surface area contributed by atoms with Crippen LogP contribution in [0.1, 0.15) is 50.2 Å². The SMILES string of the molecule is CCCCCCCOc1c(C)c(C)cc(O)c1O. The van der Waals surface area contributed by atoms with E-state index in [-0.39, 0.29) is 11.5 Å². The lowest BCUT2D eigenvalue weighted by Gasteiger charge is -2.13. The van der Waals surface area contributed by atoms with Crippen LogP contribution in [0.5, 0.6) is 17.2 Å². The fourth-order valence-corrected chi connectivity index (χ4v) is 1.91. The summed E-state index contributed by atoms with van der Waals surface area (Å²) in [5.74, 6) is 0.161. The molecule has 0 saturated heterocycles. The molecule has 0 atom stereocenters. The minimum Gasteiger partial charge on any atom is -0.504 e. The molecule has 0 aliphatic carbocycles. The van der Waals surface area contributed by atoms with Crippen molar-refractivity contribution in [3.8, 4) is 17.2 Å². The first-order valence-corrected chi connectivity index (χ1v) is 6.72. The van der Waals surface area contributed by atoms with Crippen LogP contribution in [-0.4, -0.2) is 16.8 Å². The van der Waals surface area contributed by atoms with E-state index in [1.165, 1.54) is 19.3 Å². The molecule has 1 rings (SSSR count). The van der Waals surface area contributed by atoms with Gasteiger partial charge in [0.1, 0.15) is 0 Å². The number of ether oxygens (including phenoxy) is 1. The Bertz CT molecular complexity index is 360. The topological polar surface area (TPSA) is 49.7 Å². The van der Waals surface area contributed by atoms with E-state index in [2.05, 4.69) is 6.92 Å². The first kappa shape index (κ1) is 14.7. The molecule has 3 nitrogen and oxygen atoms in total. The molecule has 0 saturated carbocycles. The highest BCUT2D eigenvalue weighted by Crippen LogP contribution is 2.39. The predicted octanol–water partition coefficient (Wildman–Crippen LogP) is 4.06. The number of phenols is 2. The fraction of sp³-hybridized carbons (Fsp3) is 0.600. The van der Waals surface area contributed by atoms with Gasteiger partial charge in [0, 0.05) is 0 Å². The minimum absolute atomic E-state index is 0.112. The van der Waals surface area contributed by atoms with Crippen LogP contribution in [0.25, 0.3) is 0 Å². The van der Waals surface area contributed by atoms with Gasteiger partial charge in [-0.15, -0.1) is 0 Å². The van der Waals surface area contributed by atoms with E-state index in [1.807, 2.05) is 13.8 Å². The number of hydrogen-bond acceptors (Lipinski definition) is 3. The van der Waals surface area contributed by atoms with Crippen molar-refractivity contribution in [1.82, 2.24) is 0 Å². The van der Waals surface area contributed by atoms with Crippen molar-refractivity contribution in [1.29, 1.82) is 0 Å². The largest absolute Gasteiger partial charge is 0.504 e. The lowest BCUT2D eigenvalue weighted by Crippen LogP contribution is -2.00. The summed E-state index contributed by atoms with van der Waals surface area (Å²) in [6.07, 6.45) is 5.84. The number of benzene rings is 1. The van der Waals surface area contributed by atoms with Crippen molar-refractivity contribution in [2.45, 2.75) is 52.9 Å². The summed E-state index contributed by atoms with van der Waals surface area (Å²) in [6.45, 7) is 6.55. The first-order chi connectivity index (χ1) is 8.57. The number of unbranched alkanes of at least 4 members (excludes halogenated alkanes) is 4. The highest BCUT2D eigenvalue weighted by atomic mass is 16.5. The summed E-state index contributed by atoms with van der Waals surface area (Å²) in [4.78, 5) is 0. The Kier molecular flexibility index (Phi) is 5.83. The van der Waals surface area contributed by atoms with Gasteiger partial charge in [-0.3, -0.25) is 0 Å². The number of aryl methyl sites for hydroxylation is 1. The van der Waals surface area contributed by atoms with Crippen LogP contribution in [0.2, 0.25) is 0 Å². The highest BCUT2D eigenvalue weighted by Gasteiger charge is 2.13. The van der Waals surface area contributed by atoms with E-state index < -0.39 is 0 Å². The molecule has 0 spiro atoms. The molecule has 3 heteroatoms. The number of aromatic hydroxyl groups is 2. The predicted molar refractivity (Wildman–Crippen MR) is 73.5 cm³/mol. The number of hydrogen-bond donors (Lipinski definition) is 2. The third-order valence-electron chi connectivity index (χ3n) is 3.24. The van der Waals surface area contributed by atoms with E-state index in [0.717, 1.165) is 24.0 Å². The molecule has 0 fully saturated rings. The maximum atomic E-state index is 9.77. The van der Waals surface area contributed by atoms with Gasteiger partial charge in [0.25, 0.3) is 0 Å². The molecule has 0 aliphatic rings. The Morgan fingerprint density at radius 2 is 1.72 bits per heavy atom. The lowest BCUT2D eigenvalue weighted by atomic mass is 10.1. The second kappa shape index (κ2) is 7.14. The van der Waals surface area contributed by atoms with Gasteiger partial charge in [-0.25, -0.2) is 0 Å². The summed E-state index contributed by atoms with van der Waals surface area (Å²) in [6, 6.07) is 1.55. The average molecular weight is 252 g/mol. The van der Waals surface area contributed by atoms with Gasteiger partial charge in [-0.05, 0) is 37.5 Å². The Balaban J connectivity index is 2.52. The zero-order valence-electron chi connectivity index (χ0n) is 11.6. The van der Waals surface area contributed by atoms with Crippen LogP contribution in [0, 0.1) is 13.8 Å². The van der Waals surface area contributed by atoms with Crippen LogP contribution in [0.15, 0.2) is 6.07 Å². The van der Waals surface area contributed by atoms with Crippen molar-refractivity contribution in [2.75, 3.05) is 6.61 Å². The maximum Gasteiger partial charge on any atom is 0.200 e. The van der Waals surface area contributed by atoms with Crippen molar-refractivity contribution in [3.05, 3.63) is 17.2 Å². The van der Waals surface area contributed by atoms with Gasteiger partial charge in [0.05, 0.1) is 6.61 Å². The van der Waals surface area contributed by atoms with Crippen LogP contribution < -0.4 is 4.74 Å². The van der Waals surface area contributed by atoms with Gasteiger partial charge in [-0.1, -0.05) is 32.6 Å². The van der Waals surface area contributed by atoms with Crippen LogP contribution in [0.4, 0.5) is 0 Å². The minimum atomic E-state index is -0.147. The van der Waals surface area contributed by atoms with E-state index in [4.69, 9.17) is 4.74 Å². The Morgan fingerprint density at radius 3 is 2.39 bits per heavy atom. The Hall–Kier alpha value is -1.38. The van der Waals surface area contributed by atoms with Gasteiger partial charge in [-0.2, -0.15) is 0 Å². The maximum absolute atomic E-state index is 9.77. The summed E-state index contributed by atoms with van der Waals surface area (Å²) in [5.41, 5.74) is 1.81. The molecule has 1 aromatic rings. The van der Waals surface area contributed by atoms with Crippen molar-refractivity contribution in [3.63, 3.8) is 0 Å². The summed E-state index contributed by atoms with van der Waals surface area (Å²) < 4.78 is 5.60. The van der Waals surface area contributed by atoms with Crippen molar-refractivity contribution in [2.24, 2.45) is 0 Å². The normalized spacial score (nSPS) is 10.6. The molecule has 2 N–H and O–H groups in total. The molecule has 0 bridgehead atoms. The smallest absolute Gasteiger partial charge is 0.200 e. The molecule has 0 unspecified atom stereocenters. The molecule has 0 amide bonds. The monoisotopic (exact) mass is 252 g/mol. The van der Waals surface area contributed by atoms with Gasteiger partial charge >= 0.3 is 0 Å². The molecular formula is C15H24O3. The molecule has 0 aromatic heterocycles. The molecule has 18 heavy (non-hydrogen) atoms. The fourth-order valence-electron chi connectivity index (χ4n) is 1.91. The number of phenolic OH excluding ortho intramolecular Hbond substituents is 2. The van der Waals surface area contributed by atoms with E-state index in [1.54, 1.807) is 6.07 Å². The van der Waals surface area contributed by atoms with Gasteiger partial charge < -0.3 is 14.9 Å². The summed E-state index contributed by atoms with van der Waals surface area (Å²) in [5, 5.41) is 19.3. The van der Waals surface area contributed by atoms with Crippen molar-refractivity contribution >= 4 is 0 Å². The Labute approximate surface area is 109 Å². The molecule has 1 aromatic carbocycles. The van der Waals surface area contributed by atoms with Gasteiger partial charge in [0.15, 0.2) is 11.5 Å². The molecule has 0 heterocycles. The molecule has 0 aliphatic heterocycles. The van der Waals surface area contributed by atoms with E-state index in [0.29, 0.717) is 12.4 Å². The molecule has 102 valence electrons. The van der Waals surface area contributed by atoms with Gasteiger partial charge in [0.2, 0.25) is 5.75 Å². The van der Waals surface area contributed by atoms with Crippen molar-refractivity contribution < 1.29 is 14.9 Å². The Morgan fingerprint density at radius 1 is 1.06 bits per heavy atom. The van der Waals surface area contributed by atoms with Crippen LogP contribution in [0.3, 0.4) is 0 Å². The lowest BCUT2D eigenvalue weighted by molar-refractivity contribution is 0.281. The molecular weight excluding hydrogens is 228 g/mol. The second-order valence-electron chi connectivity index (χ2n) is 4.78. The zero-order chi connectivity index (χ0) is 13.5.